The molecule has 4 aliphatic rings. The summed E-state index contributed by atoms with van der Waals surface area (Å²) in [5.74, 6) is 3.16. The van der Waals surface area contributed by atoms with Crippen LogP contribution in [0.5, 0.6) is 0 Å². The Kier molecular flexibility index (Phi) is 3.09. The highest BCUT2D eigenvalue weighted by Gasteiger charge is 2.50. The van der Waals surface area contributed by atoms with E-state index in [2.05, 4.69) is 26.5 Å². The molecule has 4 bridgehead atoms. The van der Waals surface area contributed by atoms with Gasteiger partial charge < -0.3 is 5.32 Å². The van der Waals surface area contributed by atoms with Gasteiger partial charge in [0.25, 0.3) is 0 Å². The van der Waals surface area contributed by atoms with Crippen molar-refractivity contribution < 1.29 is 0 Å². The first kappa shape index (κ1) is 12.8. The van der Waals surface area contributed by atoms with Crippen LogP contribution in [0.3, 0.4) is 0 Å². The lowest BCUT2D eigenvalue weighted by Crippen LogP contribution is -2.46. The highest BCUT2D eigenvalue weighted by Crippen LogP contribution is 2.61. The maximum atomic E-state index is 4.28. The Morgan fingerprint density at radius 2 is 1.85 bits per heavy atom. The van der Waals surface area contributed by atoms with Gasteiger partial charge in [-0.25, -0.2) is 0 Å². The molecular formula is C16H26N4. The molecule has 4 nitrogen and oxygen atoms in total. The molecule has 0 spiro atoms. The third-order valence-electron chi connectivity index (χ3n) is 5.98. The maximum Gasteiger partial charge on any atom is 0.0964 e. The number of rotatable bonds is 5. The average Bonchev–Trinajstić information content (AvgIpc) is 2.83. The molecule has 1 N–H and O–H groups in total. The van der Waals surface area contributed by atoms with Crippen LogP contribution in [0, 0.1) is 23.2 Å². The van der Waals surface area contributed by atoms with Crippen molar-refractivity contribution in [3.8, 4) is 0 Å². The van der Waals surface area contributed by atoms with Crippen LogP contribution in [0.15, 0.2) is 6.20 Å². The van der Waals surface area contributed by atoms with Gasteiger partial charge in [0.1, 0.15) is 0 Å². The summed E-state index contributed by atoms with van der Waals surface area (Å²) in [6.07, 6.45) is 12.5. The van der Waals surface area contributed by atoms with E-state index in [4.69, 9.17) is 0 Å². The predicted molar refractivity (Wildman–Crippen MR) is 78.0 cm³/mol. The summed E-state index contributed by atoms with van der Waals surface area (Å²) in [7, 11) is 1.95. The average molecular weight is 274 g/mol. The summed E-state index contributed by atoms with van der Waals surface area (Å²) in [5, 5.41) is 11.6. The summed E-state index contributed by atoms with van der Waals surface area (Å²) in [5.41, 5.74) is 1.71. The van der Waals surface area contributed by atoms with Crippen LogP contribution in [-0.4, -0.2) is 22.0 Å². The van der Waals surface area contributed by atoms with Gasteiger partial charge in [0.05, 0.1) is 5.69 Å². The number of hydrogen-bond donors (Lipinski definition) is 1. The molecule has 110 valence electrons. The van der Waals surface area contributed by atoms with Crippen molar-refractivity contribution in [2.24, 2.45) is 23.2 Å². The van der Waals surface area contributed by atoms with Gasteiger partial charge in [-0.1, -0.05) is 5.21 Å². The van der Waals surface area contributed by atoms with Crippen molar-refractivity contribution in [3.05, 3.63) is 11.9 Å². The molecule has 4 saturated carbocycles. The van der Waals surface area contributed by atoms with E-state index in [0.29, 0.717) is 5.41 Å². The minimum atomic E-state index is 0.657. The summed E-state index contributed by atoms with van der Waals surface area (Å²) in [6, 6.07) is 0. The predicted octanol–water partition coefficient (Wildman–Crippen LogP) is 2.60. The lowest BCUT2D eigenvalue weighted by atomic mass is 9.49. The smallest absolute Gasteiger partial charge is 0.0964 e. The Balaban J connectivity index is 1.41. The molecule has 0 saturated heterocycles. The second-order valence-corrected chi connectivity index (χ2v) is 7.67. The second-order valence-electron chi connectivity index (χ2n) is 7.67. The Morgan fingerprint density at radius 1 is 1.20 bits per heavy atom. The van der Waals surface area contributed by atoms with Crippen LogP contribution in [0.2, 0.25) is 0 Å². The minimum absolute atomic E-state index is 0.657. The summed E-state index contributed by atoms with van der Waals surface area (Å²) >= 11 is 0. The fourth-order valence-electron chi connectivity index (χ4n) is 5.66. The van der Waals surface area contributed by atoms with Crippen LogP contribution < -0.4 is 5.32 Å². The third kappa shape index (κ3) is 2.28. The number of nitrogens with one attached hydrogen (secondary N) is 1. The zero-order valence-corrected chi connectivity index (χ0v) is 12.5. The van der Waals surface area contributed by atoms with Crippen molar-refractivity contribution in [1.82, 2.24) is 20.3 Å². The molecule has 4 fully saturated rings. The Labute approximate surface area is 121 Å². The lowest BCUT2D eigenvalue weighted by Gasteiger charge is -2.57. The Morgan fingerprint density at radius 3 is 2.45 bits per heavy atom. The van der Waals surface area contributed by atoms with Gasteiger partial charge in [-0.05, 0) is 75.2 Å². The summed E-state index contributed by atoms with van der Waals surface area (Å²) < 4.78 is 2.06. The molecule has 20 heavy (non-hydrogen) atoms. The van der Waals surface area contributed by atoms with E-state index in [-0.39, 0.29) is 0 Å². The fourth-order valence-corrected chi connectivity index (χ4v) is 5.66. The number of hydrogen-bond acceptors (Lipinski definition) is 3. The number of aryl methyl sites for hydroxylation is 1. The van der Waals surface area contributed by atoms with Crippen molar-refractivity contribution >= 4 is 0 Å². The van der Waals surface area contributed by atoms with E-state index in [9.17, 15) is 0 Å². The number of nitrogens with zero attached hydrogens (tertiary/aromatic N) is 3. The summed E-state index contributed by atoms with van der Waals surface area (Å²) in [6.45, 7) is 1.88. The molecule has 0 aliphatic heterocycles. The van der Waals surface area contributed by atoms with E-state index >= 15 is 0 Å². The molecule has 4 heteroatoms. The van der Waals surface area contributed by atoms with Gasteiger partial charge in [-0.3, -0.25) is 4.68 Å². The molecule has 5 rings (SSSR count). The topological polar surface area (TPSA) is 42.7 Å². The van der Waals surface area contributed by atoms with Crippen molar-refractivity contribution in [2.75, 3.05) is 7.05 Å². The SMILES string of the molecule is CNCc1cn(CCC23CC4CC(CC(C4)C2)C3)nn1. The van der Waals surface area contributed by atoms with Crippen LogP contribution in [0.25, 0.3) is 0 Å². The van der Waals surface area contributed by atoms with Crippen LogP contribution in [0.4, 0.5) is 0 Å². The van der Waals surface area contributed by atoms with E-state index < -0.39 is 0 Å². The second kappa shape index (κ2) is 4.83. The minimum Gasteiger partial charge on any atom is -0.314 e. The molecule has 1 heterocycles. The van der Waals surface area contributed by atoms with E-state index in [1.807, 2.05) is 7.05 Å². The zero-order chi connectivity index (χ0) is 13.6. The fraction of sp³-hybridized carbons (Fsp3) is 0.875. The summed E-state index contributed by atoms with van der Waals surface area (Å²) in [4.78, 5) is 0. The molecule has 0 unspecified atom stereocenters. The van der Waals surface area contributed by atoms with E-state index in [1.54, 1.807) is 0 Å². The van der Waals surface area contributed by atoms with Gasteiger partial charge in [0, 0.05) is 19.3 Å². The van der Waals surface area contributed by atoms with Crippen LogP contribution in [0.1, 0.15) is 50.6 Å². The van der Waals surface area contributed by atoms with Crippen LogP contribution >= 0.6 is 0 Å². The molecule has 0 aromatic carbocycles. The molecule has 4 aliphatic carbocycles. The molecule has 0 amide bonds. The van der Waals surface area contributed by atoms with E-state index in [1.165, 1.54) is 44.9 Å². The van der Waals surface area contributed by atoms with Gasteiger partial charge in [0.15, 0.2) is 0 Å². The zero-order valence-electron chi connectivity index (χ0n) is 12.5. The first-order valence-electron chi connectivity index (χ1n) is 8.28. The largest absolute Gasteiger partial charge is 0.314 e. The van der Waals surface area contributed by atoms with Crippen LogP contribution in [-0.2, 0) is 13.1 Å². The molecule has 1 aromatic rings. The molecule has 0 radical (unpaired) electrons. The van der Waals surface area contributed by atoms with Gasteiger partial charge >= 0.3 is 0 Å². The standard InChI is InChI=1S/C16H26N4/c1-17-10-15-11-20(19-18-15)3-2-16-7-12-4-13(8-16)6-14(5-12)9-16/h11-14,17H,2-10H2,1H3. The first-order chi connectivity index (χ1) is 9.75. The lowest BCUT2D eigenvalue weighted by molar-refractivity contribution is -0.0596. The van der Waals surface area contributed by atoms with Crippen molar-refractivity contribution in [2.45, 2.75) is 58.0 Å². The first-order valence-corrected chi connectivity index (χ1v) is 8.28. The van der Waals surface area contributed by atoms with Crippen molar-refractivity contribution in [3.63, 3.8) is 0 Å². The maximum absolute atomic E-state index is 4.28. The Hall–Kier alpha value is -0.900. The molecule has 1 aromatic heterocycles. The number of aromatic nitrogens is 3. The van der Waals surface area contributed by atoms with Gasteiger partial charge in [0.2, 0.25) is 0 Å². The van der Waals surface area contributed by atoms with Gasteiger partial charge in [-0.15, -0.1) is 5.10 Å². The quantitative estimate of drug-likeness (QED) is 0.897. The van der Waals surface area contributed by atoms with Gasteiger partial charge in [-0.2, -0.15) is 0 Å². The highest BCUT2D eigenvalue weighted by molar-refractivity contribution is 5.01. The molecular weight excluding hydrogens is 248 g/mol. The Bertz CT molecular complexity index is 443. The highest BCUT2D eigenvalue weighted by atomic mass is 15.4. The third-order valence-corrected chi connectivity index (χ3v) is 5.98. The monoisotopic (exact) mass is 274 g/mol. The normalized spacial score (nSPS) is 38.5. The van der Waals surface area contributed by atoms with E-state index in [0.717, 1.165) is 36.5 Å². The van der Waals surface area contributed by atoms with Crippen molar-refractivity contribution in [1.29, 1.82) is 0 Å². The molecule has 0 atom stereocenters.